The molecule has 1 atom stereocenters. The molecule has 28 heavy (non-hydrogen) atoms. The maximum Gasteiger partial charge on any atom is 0.256 e. The number of ether oxygens (including phenoxy) is 1. The second-order valence-electron chi connectivity index (χ2n) is 7.85. The molecule has 0 radical (unpaired) electrons. The largest absolute Gasteiger partial charge is 0.367 e. The van der Waals surface area contributed by atoms with Gasteiger partial charge in [-0.15, -0.1) is 0 Å². The molecule has 2 aliphatic heterocycles. The highest BCUT2D eigenvalue weighted by Crippen LogP contribution is 2.42. The van der Waals surface area contributed by atoms with E-state index in [0.29, 0.717) is 0 Å². The number of methoxy groups -OCH3 is 1. The average Bonchev–Trinajstić information content (AvgIpc) is 3.22. The van der Waals surface area contributed by atoms with Crippen molar-refractivity contribution in [1.29, 1.82) is 0 Å². The highest BCUT2D eigenvalue weighted by atomic mass is 16.5. The van der Waals surface area contributed by atoms with E-state index < -0.39 is 6.10 Å². The van der Waals surface area contributed by atoms with Gasteiger partial charge >= 0.3 is 0 Å². The number of nitrogens with one attached hydrogen (secondary N) is 1. The minimum absolute atomic E-state index is 0.0459. The predicted molar refractivity (Wildman–Crippen MR) is 108 cm³/mol. The number of benzene rings is 1. The Balaban J connectivity index is 1.53. The van der Waals surface area contributed by atoms with Crippen LogP contribution in [0.3, 0.4) is 0 Å². The van der Waals surface area contributed by atoms with E-state index in [4.69, 9.17) is 9.72 Å². The number of amides is 1. The zero-order valence-electron chi connectivity index (χ0n) is 16.9. The number of hydrogen-bond donors (Lipinski definition) is 1. The van der Waals surface area contributed by atoms with Gasteiger partial charge in [0, 0.05) is 38.9 Å². The molecule has 1 aromatic heterocycles. The fraction of sp³-hybridized carbons (Fsp3) is 0.545. The molecule has 150 valence electrons. The number of aromatic nitrogens is 2. The number of imidazole rings is 1. The summed E-state index contributed by atoms with van der Waals surface area (Å²) >= 11 is 0. The van der Waals surface area contributed by atoms with Crippen molar-refractivity contribution in [3.05, 3.63) is 53.6 Å². The van der Waals surface area contributed by atoms with E-state index in [-0.39, 0.29) is 11.4 Å². The molecule has 1 N–H and O–H groups in total. The number of carbonyl (C=O) groups excluding carboxylic acids is 1. The van der Waals surface area contributed by atoms with Crippen molar-refractivity contribution in [3.63, 3.8) is 0 Å². The summed E-state index contributed by atoms with van der Waals surface area (Å²) in [7, 11) is 1.61. The molecular weight excluding hydrogens is 352 g/mol. The number of rotatable bonds is 5. The predicted octanol–water partition coefficient (Wildman–Crippen LogP) is 2.88. The molecule has 4 rings (SSSR count). The Kier molecular flexibility index (Phi) is 5.51. The number of fused-ring (bicyclic) bond motifs is 2. The number of H-pyrrole nitrogens is 1. The number of likely N-dealkylation sites (tertiary alicyclic amines) is 1. The van der Waals surface area contributed by atoms with Crippen LogP contribution < -0.4 is 0 Å². The third kappa shape index (κ3) is 3.25. The molecule has 1 aromatic carbocycles. The molecule has 6 heteroatoms. The Labute approximate surface area is 166 Å². The van der Waals surface area contributed by atoms with Crippen LogP contribution in [0.15, 0.2) is 36.7 Å². The van der Waals surface area contributed by atoms with Crippen LogP contribution in [0.4, 0.5) is 0 Å². The molecular formula is C22H30N4O2. The third-order valence-corrected chi connectivity index (χ3v) is 6.35. The number of carbonyl (C=O) groups is 1. The maximum absolute atomic E-state index is 13.2. The molecule has 1 amide bonds. The van der Waals surface area contributed by atoms with Crippen molar-refractivity contribution < 1.29 is 9.53 Å². The molecule has 1 fully saturated rings. The second kappa shape index (κ2) is 8.05. The summed E-state index contributed by atoms with van der Waals surface area (Å²) in [4.78, 5) is 25.8. The van der Waals surface area contributed by atoms with E-state index in [0.717, 1.165) is 57.4 Å². The van der Waals surface area contributed by atoms with Gasteiger partial charge in [-0.2, -0.15) is 0 Å². The Morgan fingerprint density at radius 2 is 2.00 bits per heavy atom. The van der Waals surface area contributed by atoms with E-state index in [9.17, 15) is 4.79 Å². The lowest BCUT2D eigenvalue weighted by atomic mass is 9.78. The van der Waals surface area contributed by atoms with Crippen LogP contribution >= 0.6 is 0 Å². The van der Waals surface area contributed by atoms with Gasteiger partial charge in [0.15, 0.2) is 6.10 Å². The fourth-order valence-electron chi connectivity index (χ4n) is 4.94. The molecule has 3 heterocycles. The van der Waals surface area contributed by atoms with Crippen LogP contribution in [-0.4, -0.2) is 59.0 Å². The number of nitrogens with zero attached hydrogens (tertiary/aromatic N) is 3. The summed E-state index contributed by atoms with van der Waals surface area (Å²) in [5.41, 5.74) is 3.34. The normalized spacial score (nSPS) is 20.1. The first-order valence-electron chi connectivity index (χ1n) is 10.3. The van der Waals surface area contributed by atoms with Crippen molar-refractivity contribution in [2.24, 2.45) is 0 Å². The van der Waals surface area contributed by atoms with E-state index in [1.54, 1.807) is 7.11 Å². The Morgan fingerprint density at radius 3 is 2.68 bits per heavy atom. The standard InChI is InChI=1S/C22H30N4O2/c1-3-12-26-13-9-18-20(24-16-23-18)22(26)10-14-25(15-11-22)21(27)19(28-2)17-7-5-4-6-8-17/h4-8,16,19H,3,9-15H2,1-2H3,(H,23,24)/t19-/m0/s1. The smallest absolute Gasteiger partial charge is 0.256 e. The lowest BCUT2D eigenvalue weighted by Gasteiger charge is -2.50. The highest BCUT2D eigenvalue weighted by molar-refractivity contribution is 5.82. The fourth-order valence-corrected chi connectivity index (χ4v) is 4.94. The minimum Gasteiger partial charge on any atom is -0.367 e. The van der Waals surface area contributed by atoms with Gasteiger partial charge in [-0.1, -0.05) is 37.3 Å². The van der Waals surface area contributed by atoms with Gasteiger partial charge in [0.25, 0.3) is 5.91 Å². The molecule has 2 aliphatic rings. The van der Waals surface area contributed by atoms with Gasteiger partial charge in [-0.3, -0.25) is 9.69 Å². The molecule has 0 aliphatic carbocycles. The molecule has 0 unspecified atom stereocenters. The van der Waals surface area contributed by atoms with E-state index >= 15 is 0 Å². The summed E-state index contributed by atoms with van der Waals surface area (Å²) in [6.45, 7) is 5.83. The van der Waals surface area contributed by atoms with Crippen LogP contribution in [-0.2, 0) is 21.5 Å². The highest BCUT2D eigenvalue weighted by Gasteiger charge is 2.47. The lowest BCUT2D eigenvalue weighted by Crippen LogP contribution is -2.57. The van der Waals surface area contributed by atoms with Crippen molar-refractivity contribution in [1.82, 2.24) is 19.8 Å². The van der Waals surface area contributed by atoms with E-state index in [1.165, 1.54) is 11.4 Å². The Bertz CT molecular complexity index is 796. The summed E-state index contributed by atoms with van der Waals surface area (Å²) in [5, 5.41) is 0. The molecule has 0 saturated carbocycles. The second-order valence-corrected chi connectivity index (χ2v) is 7.85. The van der Waals surface area contributed by atoms with Gasteiger partial charge in [-0.25, -0.2) is 4.98 Å². The number of aromatic amines is 1. The first-order valence-corrected chi connectivity index (χ1v) is 10.3. The first kappa shape index (κ1) is 19.2. The third-order valence-electron chi connectivity index (χ3n) is 6.35. The van der Waals surface area contributed by atoms with Crippen LogP contribution in [0.5, 0.6) is 0 Å². The van der Waals surface area contributed by atoms with E-state index in [2.05, 4.69) is 16.8 Å². The quantitative estimate of drug-likeness (QED) is 0.864. The van der Waals surface area contributed by atoms with Crippen LogP contribution in [0.2, 0.25) is 0 Å². The van der Waals surface area contributed by atoms with Crippen LogP contribution in [0.1, 0.15) is 49.2 Å². The Morgan fingerprint density at radius 1 is 1.25 bits per heavy atom. The molecule has 6 nitrogen and oxygen atoms in total. The van der Waals surface area contributed by atoms with Crippen molar-refractivity contribution in [3.8, 4) is 0 Å². The monoisotopic (exact) mass is 382 g/mol. The van der Waals surface area contributed by atoms with Crippen LogP contribution in [0.25, 0.3) is 0 Å². The van der Waals surface area contributed by atoms with Crippen molar-refractivity contribution in [2.45, 2.75) is 44.2 Å². The van der Waals surface area contributed by atoms with Gasteiger partial charge in [0.1, 0.15) is 0 Å². The maximum atomic E-state index is 13.2. The zero-order chi connectivity index (χ0) is 19.6. The summed E-state index contributed by atoms with van der Waals surface area (Å²) < 4.78 is 5.57. The van der Waals surface area contributed by atoms with Gasteiger partial charge in [0.05, 0.1) is 17.6 Å². The van der Waals surface area contributed by atoms with Gasteiger partial charge in [0.2, 0.25) is 0 Å². The average molecular weight is 383 g/mol. The van der Waals surface area contributed by atoms with E-state index in [1.807, 2.05) is 41.6 Å². The SMILES string of the molecule is CCCN1CCc2[nH]cnc2C12CCN(C(=O)[C@@H](OC)c1ccccc1)CC2. The number of piperidine rings is 1. The topological polar surface area (TPSA) is 61.5 Å². The molecule has 2 aromatic rings. The van der Waals surface area contributed by atoms with Gasteiger partial charge in [-0.05, 0) is 31.4 Å². The zero-order valence-corrected chi connectivity index (χ0v) is 16.9. The Hall–Kier alpha value is -2.18. The van der Waals surface area contributed by atoms with Crippen molar-refractivity contribution >= 4 is 5.91 Å². The molecule has 0 bridgehead atoms. The van der Waals surface area contributed by atoms with Gasteiger partial charge < -0.3 is 14.6 Å². The summed E-state index contributed by atoms with van der Waals surface area (Å²) in [6, 6.07) is 9.76. The summed E-state index contributed by atoms with van der Waals surface area (Å²) in [6.07, 6.45) is 5.29. The van der Waals surface area contributed by atoms with Crippen molar-refractivity contribution in [2.75, 3.05) is 33.3 Å². The molecule has 1 saturated heterocycles. The molecule has 1 spiro atoms. The first-order chi connectivity index (χ1) is 13.7. The summed E-state index contributed by atoms with van der Waals surface area (Å²) in [5.74, 6) is 0.0589. The van der Waals surface area contributed by atoms with Crippen LogP contribution in [0, 0.1) is 0 Å². The minimum atomic E-state index is -0.533. The lowest BCUT2D eigenvalue weighted by molar-refractivity contribution is -0.145. The number of hydrogen-bond acceptors (Lipinski definition) is 4.